The molecule has 0 saturated heterocycles. The number of carbonyl (C=O) groups excluding carboxylic acids is 1. The highest BCUT2D eigenvalue weighted by atomic mass is 16.1. The highest BCUT2D eigenvalue weighted by Gasteiger charge is 1.94. The molecule has 0 heterocycles. The van der Waals surface area contributed by atoms with Crippen LogP contribution in [0.15, 0.2) is 54.6 Å². The van der Waals surface area contributed by atoms with Crippen LogP contribution < -0.4 is 5.32 Å². The van der Waals surface area contributed by atoms with Crippen molar-refractivity contribution in [2.75, 3.05) is 5.32 Å². The standard InChI is InChI=1S/C14H13NO.C2H6/c16-11-13-7-4-8-14(9-13)15-10-12-5-2-1-3-6-12;1-2/h1-9,11,15H,10H2;1-2H3. The van der Waals surface area contributed by atoms with Crippen LogP contribution in [0, 0.1) is 0 Å². The molecule has 0 bridgehead atoms. The normalized spacial score (nSPS) is 9.00. The maximum absolute atomic E-state index is 10.6. The Morgan fingerprint density at radius 2 is 1.72 bits per heavy atom. The lowest BCUT2D eigenvalue weighted by molar-refractivity contribution is 0.112. The number of hydrogen-bond donors (Lipinski definition) is 1. The summed E-state index contributed by atoms with van der Waals surface area (Å²) in [6.45, 7) is 4.77. The monoisotopic (exact) mass is 241 g/mol. The van der Waals surface area contributed by atoms with Crippen LogP contribution in [0.4, 0.5) is 5.69 Å². The smallest absolute Gasteiger partial charge is 0.150 e. The first-order valence-corrected chi connectivity index (χ1v) is 6.21. The van der Waals surface area contributed by atoms with Gasteiger partial charge in [0.1, 0.15) is 6.29 Å². The molecule has 0 aliphatic carbocycles. The number of hydrogen-bond acceptors (Lipinski definition) is 2. The van der Waals surface area contributed by atoms with Gasteiger partial charge in [-0.2, -0.15) is 0 Å². The highest BCUT2D eigenvalue weighted by molar-refractivity contribution is 5.76. The number of aldehydes is 1. The van der Waals surface area contributed by atoms with Crippen LogP contribution >= 0.6 is 0 Å². The van der Waals surface area contributed by atoms with Crippen molar-refractivity contribution < 1.29 is 4.79 Å². The van der Waals surface area contributed by atoms with Gasteiger partial charge in [-0.3, -0.25) is 4.79 Å². The predicted molar refractivity (Wildman–Crippen MR) is 76.9 cm³/mol. The fourth-order valence-electron chi connectivity index (χ4n) is 1.52. The molecule has 0 spiro atoms. The molecule has 0 amide bonds. The molecule has 0 fully saturated rings. The van der Waals surface area contributed by atoms with E-state index in [0.29, 0.717) is 5.56 Å². The summed E-state index contributed by atoms with van der Waals surface area (Å²) in [5.41, 5.74) is 2.88. The number of anilines is 1. The second-order valence-electron chi connectivity index (χ2n) is 3.58. The molecule has 1 N–H and O–H groups in total. The average Bonchev–Trinajstić information content (AvgIpc) is 2.48. The van der Waals surface area contributed by atoms with E-state index in [-0.39, 0.29) is 0 Å². The lowest BCUT2D eigenvalue weighted by Gasteiger charge is -2.06. The molecule has 2 nitrogen and oxygen atoms in total. The minimum Gasteiger partial charge on any atom is -0.381 e. The van der Waals surface area contributed by atoms with Gasteiger partial charge >= 0.3 is 0 Å². The third kappa shape index (κ3) is 4.42. The average molecular weight is 241 g/mol. The first-order chi connectivity index (χ1) is 8.88. The molecule has 0 unspecified atom stereocenters. The van der Waals surface area contributed by atoms with E-state index in [2.05, 4.69) is 17.4 Å². The molecule has 2 heteroatoms. The zero-order valence-corrected chi connectivity index (χ0v) is 10.9. The van der Waals surface area contributed by atoms with Gasteiger partial charge in [-0.05, 0) is 17.7 Å². The molecule has 94 valence electrons. The van der Waals surface area contributed by atoms with E-state index in [1.54, 1.807) is 6.07 Å². The van der Waals surface area contributed by atoms with Gasteiger partial charge in [-0.25, -0.2) is 0 Å². The van der Waals surface area contributed by atoms with Crippen molar-refractivity contribution in [2.45, 2.75) is 20.4 Å². The number of benzene rings is 2. The van der Waals surface area contributed by atoms with Crippen LogP contribution in [-0.4, -0.2) is 6.29 Å². The van der Waals surface area contributed by atoms with Gasteiger partial charge in [0.25, 0.3) is 0 Å². The molecule has 0 aliphatic heterocycles. The minimum atomic E-state index is 0.693. The summed E-state index contributed by atoms with van der Waals surface area (Å²) in [5.74, 6) is 0. The second kappa shape index (κ2) is 8.07. The minimum absolute atomic E-state index is 0.693. The van der Waals surface area contributed by atoms with Crippen LogP contribution in [0.3, 0.4) is 0 Å². The van der Waals surface area contributed by atoms with Crippen molar-refractivity contribution in [1.29, 1.82) is 0 Å². The van der Waals surface area contributed by atoms with E-state index in [4.69, 9.17) is 0 Å². The summed E-state index contributed by atoms with van der Waals surface area (Å²) < 4.78 is 0. The van der Waals surface area contributed by atoms with Gasteiger partial charge in [0.15, 0.2) is 0 Å². The summed E-state index contributed by atoms with van der Waals surface area (Å²) in [6.07, 6.45) is 0.855. The number of carbonyl (C=O) groups is 1. The Labute approximate surface area is 109 Å². The fourth-order valence-corrected chi connectivity index (χ4v) is 1.52. The van der Waals surface area contributed by atoms with Crippen LogP contribution in [0.2, 0.25) is 0 Å². The molecule has 18 heavy (non-hydrogen) atoms. The zero-order valence-electron chi connectivity index (χ0n) is 10.9. The van der Waals surface area contributed by atoms with E-state index in [0.717, 1.165) is 18.5 Å². The maximum atomic E-state index is 10.6. The summed E-state index contributed by atoms with van der Waals surface area (Å²) >= 11 is 0. The van der Waals surface area contributed by atoms with Crippen molar-refractivity contribution >= 4 is 12.0 Å². The van der Waals surface area contributed by atoms with Crippen molar-refractivity contribution in [3.63, 3.8) is 0 Å². The maximum Gasteiger partial charge on any atom is 0.150 e. The highest BCUT2D eigenvalue weighted by Crippen LogP contribution is 2.10. The molecule has 0 radical (unpaired) electrons. The molecule has 0 aromatic heterocycles. The molecule has 2 aromatic rings. The van der Waals surface area contributed by atoms with Crippen LogP contribution in [0.5, 0.6) is 0 Å². The topological polar surface area (TPSA) is 29.1 Å². The van der Waals surface area contributed by atoms with Crippen molar-refractivity contribution in [3.8, 4) is 0 Å². The quantitative estimate of drug-likeness (QED) is 0.815. The Bertz CT molecular complexity index is 466. The van der Waals surface area contributed by atoms with E-state index in [1.165, 1.54) is 5.56 Å². The van der Waals surface area contributed by atoms with Crippen LogP contribution in [0.1, 0.15) is 29.8 Å². The summed E-state index contributed by atoms with van der Waals surface area (Å²) in [4.78, 5) is 10.6. The Morgan fingerprint density at radius 1 is 1.00 bits per heavy atom. The number of nitrogens with one attached hydrogen (secondary N) is 1. The second-order valence-corrected chi connectivity index (χ2v) is 3.58. The largest absolute Gasteiger partial charge is 0.381 e. The van der Waals surface area contributed by atoms with Crippen LogP contribution in [-0.2, 0) is 6.54 Å². The lowest BCUT2D eigenvalue weighted by atomic mass is 10.2. The van der Waals surface area contributed by atoms with Crippen molar-refractivity contribution in [2.24, 2.45) is 0 Å². The summed E-state index contributed by atoms with van der Waals surface area (Å²) in [7, 11) is 0. The first-order valence-electron chi connectivity index (χ1n) is 6.21. The Hall–Kier alpha value is -2.09. The molecule has 0 atom stereocenters. The first kappa shape index (κ1) is 14.0. The van der Waals surface area contributed by atoms with Crippen molar-refractivity contribution in [1.82, 2.24) is 0 Å². The van der Waals surface area contributed by atoms with Gasteiger partial charge in [-0.1, -0.05) is 56.3 Å². The van der Waals surface area contributed by atoms with Gasteiger partial charge in [-0.15, -0.1) is 0 Å². The summed E-state index contributed by atoms with van der Waals surface area (Å²) in [6, 6.07) is 17.6. The summed E-state index contributed by atoms with van der Waals surface area (Å²) in [5, 5.41) is 3.28. The third-order valence-corrected chi connectivity index (χ3v) is 2.36. The molecule has 0 saturated carbocycles. The molecular formula is C16H19NO. The predicted octanol–water partition coefficient (Wildman–Crippen LogP) is 4.14. The molecular weight excluding hydrogens is 222 g/mol. The van der Waals surface area contributed by atoms with E-state index >= 15 is 0 Å². The third-order valence-electron chi connectivity index (χ3n) is 2.36. The van der Waals surface area contributed by atoms with Gasteiger partial charge in [0.05, 0.1) is 0 Å². The molecule has 0 aliphatic rings. The Morgan fingerprint density at radius 3 is 2.39 bits per heavy atom. The number of rotatable bonds is 4. The molecule has 2 rings (SSSR count). The van der Waals surface area contributed by atoms with Crippen molar-refractivity contribution in [3.05, 3.63) is 65.7 Å². The van der Waals surface area contributed by atoms with Gasteiger partial charge in [0.2, 0.25) is 0 Å². The van der Waals surface area contributed by atoms with E-state index < -0.39 is 0 Å². The van der Waals surface area contributed by atoms with E-state index in [9.17, 15) is 4.79 Å². The van der Waals surface area contributed by atoms with Gasteiger partial charge in [0, 0.05) is 17.8 Å². The van der Waals surface area contributed by atoms with Crippen LogP contribution in [0.25, 0.3) is 0 Å². The van der Waals surface area contributed by atoms with E-state index in [1.807, 2.05) is 50.2 Å². The Balaban J connectivity index is 0.000000771. The molecule has 2 aromatic carbocycles. The van der Waals surface area contributed by atoms with Gasteiger partial charge < -0.3 is 5.32 Å². The fraction of sp³-hybridized carbons (Fsp3) is 0.188. The lowest BCUT2D eigenvalue weighted by Crippen LogP contribution is -1.99. The SMILES string of the molecule is CC.O=Cc1cccc(NCc2ccccc2)c1. The zero-order chi connectivity index (χ0) is 13.2. The Kier molecular flexibility index (Phi) is 6.26.